The van der Waals surface area contributed by atoms with Gasteiger partial charge in [0.15, 0.2) is 0 Å². The lowest BCUT2D eigenvalue weighted by Crippen LogP contribution is -2.50. The van der Waals surface area contributed by atoms with Crippen molar-refractivity contribution in [2.24, 2.45) is 0 Å². The van der Waals surface area contributed by atoms with Gasteiger partial charge >= 0.3 is 12.1 Å². The molecule has 0 unspecified atom stereocenters. The van der Waals surface area contributed by atoms with Crippen molar-refractivity contribution >= 4 is 28.8 Å². The van der Waals surface area contributed by atoms with Crippen molar-refractivity contribution in [1.29, 1.82) is 0 Å². The molecule has 8 nitrogen and oxygen atoms in total. The Morgan fingerprint density at radius 1 is 0.938 bits per heavy atom. The van der Waals surface area contributed by atoms with Gasteiger partial charge in [-0.25, -0.2) is 14.6 Å². The molecule has 1 aliphatic heterocycles. The number of piperazine rings is 1. The molecule has 3 aromatic rings. The molecule has 0 radical (unpaired) electrons. The van der Waals surface area contributed by atoms with Crippen LogP contribution in [-0.4, -0.2) is 65.4 Å². The highest BCUT2D eigenvalue weighted by Gasteiger charge is 2.26. The van der Waals surface area contributed by atoms with E-state index >= 15 is 0 Å². The van der Waals surface area contributed by atoms with Crippen LogP contribution in [0.1, 0.15) is 31.1 Å². The SMILES string of the molecule is COC(=O)c1ccc2ncn(-c3ccc(N4CCN(C(=O)OC(C)(C)C)CC4)cc3)c2c1. The molecule has 0 atom stereocenters. The molecule has 1 aliphatic rings. The zero-order valence-electron chi connectivity index (χ0n) is 18.9. The van der Waals surface area contributed by atoms with Gasteiger partial charge in [-0.05, 0) is 63.2 Å². The van der Waals surface area contributed by atoms with Crippen LogP contribution in [0.5, 0.6) is 0 Å². The minimum absolute atomic E-state index is 0.259. The molecule has 1 aromatic heterocycles. The van der Waals surface area contributed by atoms with E-state index in [2.05, 4.69) is 22.0 Å². The highest BCUT2D eigenvalue weighted by Crippen LogP contribution is 2.24. The molecule has 0 spiro atoms. The Balaban J connectivity index is 1.46. The number of anilines is 1. The smallest absolute Gasteiger partial charge is 0.410 e. The van der Waals surface area contributed by atoms with E-state index in [-0.39, 0.29) is 12.1 Å². The number of aromatic nitrogens is 2. The molecule has 0 aliphatic carbocycles. The number of fused-ring (bicyclic) bond motifs is 1. The summed E-state index contributed by atoms with van der Waals surface area (Å²) in [5.74, 6) is -0.375. The molecule has 32 heavy (non-hydrogen) atoms. The minimum Gasteiger partial charge on any atom is -0.465 e. The monoisotopic (exact) mass is 436 g/mol. The average molecular weight is 437 g/mol. The summed E-state index contributed by atoms with van der Waals surface area (Å²) in [5.41, 5.74) is 3.69. The third-order valence-electron chi connectivity index (χ3n) is 5.39. The van der Waals surface area contributed by atoms with Crippen molar-refractivity contribution in [3.63, 3.8) is 0 Å². The molecule has 1 saturated heterocycles. The Kier molecular flexibility index (Phi) is 5.78. The van der Waals surface area contributed by atoms with E-state index < -0.39 is 5.60 Å². The molecule has 2 aromatic carbocycles. The zero-order valence-corrected chi connectivity index (χ0v) is 18.9. The minimum atomic E-state index is -0.487. The van der Waals surface area contributed by atoms with Gasteiger partial charge in [-0.15, -0.1) is 0 Å². The Morgan fingerprint density at radius 3 is 2.22 bits per heavy atom. The fourth-order valence-electron chi connectivity index (χ4n) is 3.76. The summed E-state index contributed by atoms with van der Waals surface area (Å²) in [6.45, 7) is 8.37. The summed E-state index contributed by atoms with van der Waals surface area (Å²) >= 11 is 0. The molecule has 0 N–H and O–H groups in total. The van der Waals surface area contributed by atoms with Gasteiger partial charge < -0.3 is 19.3 Å². The maximum Gasteiger partial charge on any atom is 0.410 e. The van der Waals surface area contributed by atoms with Crippen molar-refractivity contribution in [2.45, 2.75) is 26.4 Å². The van der Waals surface area contributed by atoms with Gasteiger partial charge in [0.1, 0.15) is 11.9 Å². The number of amides is 1. The number of carbonyl (C=O) groups is 2. The Bertz CT molecular complexity index is 1120. The molecule has 8 heteroatoms. The predicted octanol–water partition coefficient (Wildman–Crippen LogP) is 3.87. The van der Waals surface area contributed by atoms with Crippen molar-refractivity contribution in [1.82, 2.24) is 14.5 Å². The van der Waals surface area contributed by atoms with E-state index in [1.54, 1.807) is 23.4 Å². The largest absolute Gasteiger partial charge is 0.465 e. The summed E-state index contributed by atoms with van der Waals surface area (Å²) in [7, 11) is 1.37. The number of rotatable bonds is 3. The first-order valence-electron chi connectivity index (χ1n) is 10.6. The van der Waals surface area contributed by atoms with Crippen molar-refractivity contribution in [2.75, 3.05) is 38.2 Å². The molecule has 2 heterocycles. The summed E-state index contributed by atoms with van der Waals surface area (Å²) in [6, 6.07) is 13.5. The van der Waals surface area contributed by atoms with Crippen LogP contribution < -0.4 is 4.90 Å². The second-order valence-electron chi connectivity index (χ2n) is 8.78. The molecule has 0 saturated carbocycles. The molecular formula is C24H28N4O4. The van der Waals surface area contributed by atoms with E-state index in [1.807, 2.05) is 43.5 Å². The zero-order chi connectivity index (χ0) is 22.9. The maximum atomic E-state index is 12.3. The van der Waals surface area contributed by atoms with Gasteiger partial charge in [-0.3, -0.25) is 4.57 Å². The second-order valence-corrected chi connectivity index (χ2v) is 8.78. The summed E-state index contributed by atoms with van der Waals surface area (Å²) < 4.78 is 12.3. The number of imidazole rings is 1. The van der Waals surface area contributed by atoms with Crippen LogP contribution in [0.4, 0.5) is 10.5 Å². The van der Waals surface area contributed by atoms with E-state index in [0.717, 1.165) is 35.5 Å². The van der Waals surface area contributed by atoms with Crippen molar-refractivity contribution in [3.05, 3.63) is 54.4 Å². The van der Waals surface area contributed by atoms with Crippen LogP contribution in [0, 0.1) is 0 Å². The summed E-state index contributed by atoms with van der Waals surface area (Å²) in [5, 5.41) is 0. The quantitative estimate of drug-likeness (QED) is 0.580. The number of ether oxygens (including phenoxy) is 2. The van der Waals surface area contributed by atoms with E-state index in [1.165, 1.54) is 7.11 Å². The number of hydrogen-bond acceptors (Lipinski definition) is 6. The highest BCUT2D eigenvalue weighted by atomic mass is 16.6. The lowest BCUT2D eigenvalue weighted by Gasteiger charge is -2.36. The lowest BCUT2D eigenvalue weighted by molar-refractivity contribution is 0.0240. The molecular weight excluding hydrogens is 408 g/mol. The van der Waals surface area contributed by atoms with Crippen LogP contribution in [0.3, 0.4) is 0 Å². The van der Waals surface area contributed by atoms with Crippen LogP contribution in [0.2, 0.25) is 0 Å². The number of esters is 1. The number of methoxy groups -OCH3 is 1. The fraction of sp³-hybridized carbons (Fsp3) is 0.375. The first-order chi connectivity index (χ1) is 15.2. The van der Waals surface area contributed by atoms with Crippen molar-refractivity contribution in [3.8, 4) is 5.69 Å². The Labute approximate surface area is 187 Å². The van der Waals surface area contributed by atoms with E-state index in [0.29, 0.717) is 18.7 Å². The normalized spacial score (nSPS) is 14.5. The molecule has 168 valence electrons. The first-order valence-corrected chi connectivity index (χ1v) is 10.6. The van der Waals surface area contributed by atoms with Crippen LogP contribution in [-0.2, 0) is 9.47 Å². The van der Waals surface area contributed by atoms with Crippen LogP contribution in [0.25, 0.3) is 16.7 Å². The Morgan fingerprint density at radius 2 is 1.59 bits per heavy atom. The molecule has 0 bridgehead atoms. The first kappa shape index (κ1) is 21.7. The highest BCUT2D eigenvalue weighted by molar-refractivity contribution is 5.94. The van der Waals surface area contributed by atoms with E-state index in [9.17, 15) is 9.59 Å². The number of carbonyl (C=O) groups excluding carboxylic acids is 2. The third-order valence-corrected chi connectivity index (χ3v) is 5.39. The topological polar surface area (TPSA) is 76.9 Å². The van der Waals surface area contributed by atoms with Gasteiger partial charge in [0.05, 0.1) is 23.7 Å². The van der Waals surface area contributed by atoms with Gasteiger partial charge in [0.25, 0.3) is 0 Å². The van der Waals surface area contributed by atoms with Crippen LogP contribution in [0.15, 0.2) is 48.8 Å². The van der Waals surface area contributed by atoms with Gasteiger partial charge in [-0.2, -0.15) is 0 Å². The van der Waals surface area contributed by atoms with Gasteiger partial charge in [0, 0.05) is 37.6 Å². The summed E-state index contributed by atoms with van der Waals surface area (Å²) in [6.07, 6.45) is 1.49. The predicted molar refractivity (Wildman–Crippen MR) is 122 cm³/mol. The third kappa shape index (κ3) is 4.54. The second kappa shape index (κ2) is 8.53. The fourth-order valence-corrected chi connectivity index (χ4v) is 3.76. The number of hydrogen-bond donors (Lipinski definition) is 0. The maximum absolute atomic E-state index is 12.3. The number of nitrogens with zero attached hydrogens (tertiary/aromatic N) is 4. The molecule has 4 rings (SSSR count). The average Bonchev–Trinajstić information content (AvgIpc) is 3.21. The van der Waals surface area contributed by atoms with Crippen LogP contribution >= 0.6 is 0 Å². The summed E-state index contributed by atoms with van der Waals surface area (Å²) in [4.78, 5) is 32.6. The van der Waals surface area contributed by atoms with Gasteiger partial charge in [-0.1, -0.05) is 0 Å². The van der Waals surface area contributed by atoms with E-state index in [4.69, 9.17) is 9.47 Å². The Hall–Kier alpha value is -3.55. The lowest BCUT2D eigenvalue weighted by atomic mass is 10.2. The standard InChI is InChI=1S/C24H28N4O4/c1-24(2,3)32-23(30)27-13-11-26(12-14-27)18-6-8-19(9-7-18)28-16-25-20-10-5-17(15-21(20)28)22(29)31-4/h5-10,15-16H,11-14H2,1-4H3. The van der Waals surface area contributed by atoms with Gasteiger partial charge in [0.2, 0.25) is 0 Å². The molecule has 1 amide bonds. The number of benzene rings is 2. The van der Waals surface area contributed by atoms with Crippen molar-refractivity contribution < 1.29 is 19.1 Å². The molecule has 1 fully saturated rings.